The van der Waals surface area contributed by atoms with Crippen LogP contribution in [0.2, 0.25) is 0 Å². The molecular formula is C13H19NO3. The Hall–Kier alpha value is -1.26. The van der Waals surface area contributed by atoms with Crippen LogP contribution in [0.5, 0.6) is 11.5 Å². The van der Waals surface area contributed by atoms with Gasteiger partial charge >= 0.3 is 0 Å². The lowest BCUT2D eigenvalue weighted by Crippen LogP contribution is -2.18. The van der Waals surface area contributed by atoms with Crippen LogP contribution in [0, 0.1) is 0 Å². The van der Waals surface area contributed by atoms with E-state index in [1.807, 2.05) is 12.1 Å². The summed E-state index contributed by atoms with van der Waals surface area (Å²) >= 11 is 0. The van der Waals surface area contributed by atoms with E-state index in [0.717, 1.165) is 37.6 Å². The summed E-state index contributed by atoms with van der Waals surface area (Å²) in [6.07, 6.45) is 1.03. The van der Waals surface area contributed by atoms with Crippen LogP contribution in [-0.2, 0) is 11.3 Å². The van der Waals surface area contributed by atoms with Gasteiger partial charge in [-0.05, 0) is 30.7 Å². The third kappa shape index (κ3) is 3.61. The van der Waals surface area contributed by atoms with E-state index < -0.39 is 0 Å². The van der Waals surface area contributed by atoms with Crippen molar-refractivity contribution in [3.63, 3.8) is 0 Å². The smallest absolute Gasteiger partial charge is 0.161 e. The third-order valence-electron chi connectivity index (χ3n) is 2.64. The van der Waals surface area contributed by atoms with Crippen molar-refractivity contribution in [1.82, 2.24) is 5.32 Å². The minimum atomic E-state index is 0.637. The number of nitrogens with one attached hydrogen (secondary N) is 1. The van der Waals surface area contributed by atoms with Gasteiger partial charge in [0.2, 0.25) is 0 Å². The minimum absolute atomic E-state index is 0.637. The van der Waals surface area contributed by atoms with Crippen LogP contribution in [0.4, 0.5) is 0 Å². The van der Waals surface area contributed by atoms with Crippen molar-refractivity contribution in [1.29, 1.82) is 0 Å². The summed E-state index contributed by atoms with van der Waals surface area (Å²) in [7, 11) is 1.72. The number of rotatable bonds is 6. The van der Waals surface area contributed by atoms with E-state index in [4.69, 9.17) is 14.2 Å². The highest BCUT2D eigenvalue weighted by Crippen LogP contribution is 2.30. The van der Waals surface area contributed by atoms with E-state index in [2.05, 4.69) is 11.4 Å². The molecule has 0 spiro atoms. The number of methoxy groups -OCH3 is 1. The average molecular weight is 237 g/mol. The second-order valence-electron chi connectivity index (χ2n) is 4.00. The Bertz CT molecular complexity index is 355. The lowest BCUT2D eigenvalue weighted by atomic mass is 10.2. The van der Waals surface area contributed by atoms with Crippen molar-refractivity contribution in [2.24, 2.45) is 0 Å². The molecule has 1 heterocycles. The molecule has 1 aliphatic rings. The fourth-order valence-corrected chi connectivity index (χ4v) is 1.77. The molecule has 0 amide bonds. The lowest BCUT2D eigenvalue weighted by molar-refractivity contribution is 0.171. The van der Waals surface area contributed by atoms with E-state index in [9.17, 15) is 0 Å². The van der Waals surface area contributed by atoms with Crippen LogP contribution in [-0.4, -0.2) is 33.5 Å². The average Bonchev–Trinajstić information content (AvgIpc) is 2.38. The molecule has 0 atom stereocenters. The summed E-state index contributed by atoms with van der Waals surface area (Å²) in [5.41, 5.74) is 1.21. The summed E-state index contributed by atoms with van der Waals surface area (Å²) in [6, 6.07) is 6.08. The van der Waals surface area contributed by atoms with Crippen molar-refractivity contribution < 1.29 is 14.2 Å². The topological polar surface area (TPSA) is 39.7 Å². The van der Waals surface area contributed by atoms with Crippen molar-refractivity contribution in [3.05, 3.63) is 23.8 Å². The SMILES string of the molecule is COCCCNCc1ccc2c(c1)OCCO2. The van der Waals surface area contributed by atoms with Gasteiger partial charge in [-0.2, -0.15) is 0 Å². The van der Waals surface area contributed by atoms with E-state index in [1.165, 1.54) is 5.56 Å². The monoisotopic (exact) mass is 237 g/mol. The Morgan fingerprint density at radius 1 is 1.24 bits per heavy atom. The first kappa shape index (κ1) is 12.2. The van der Waals surface area contributed by atoms with Crippen LogP contribution in [0.3, 0.4) is 0 Å². The largest absolute Gasteiger partial charge is 0.486 e. The standard InChI is InChI=1S/C13H19NO3/c1-15-6-2-5-14-10-11-3-4-12-13(9-11)17-8-7-16-12/h3-4,9,14H,2,5-8,10H2,1H3. The van der Waals surface area contributed by atoms with Crippen molar-refractivity contribution in [2.75, 3.05) is 33.5 Å². The van der Waals surface area contributed by atoms with Crippen molar-refractivity contribution >= 4 is 0 Å². The van der Waals surface area contributed by atoms with E-state index in [1.54, 1.807) is 7.11 Å². The second-order valence-corrected chi connectivity index (χ2v) is 4.00. The quantitative estimate of drug-likeness (QED) is 0.763. The van der Waals surface area contributed by atoms with Crippen LogP contribution in [0.25, 0.3) is 0 Å². The van der Waals surface area contributed by atoms with Crippen LogP contribution in [0.1, 0.15) is 12.0 Å². The molecule has 0 aromatic heterocycles. The highest BCUT2D eigenvalue weighted by atomic mass is 16.6. The molecule has 0 fully saturated rings. The molecule has 4 nitrogen and oxygen atoms in total. The number of ether oxygens (including phenoxy) is 3. The predicted octanol–water partition coefficient (Wildman–Crippen LogP) is 1.58. The van der Waals surface area contributed by atoms with Crippen LogP contribution in [0.15, 0.2) is 18.2 Å². The fourth-order valence-electron chi connectivity index (χ4n) is 1.77. The zero-order chi connectivity index (χ0) is 11.9. The Morgan fingerprint density at radius 3 is 2.88 bits per heavy atom. The van der Waals surface area contributed by atoms with Gasteiger partial charge in [0.25, 0.3) is 0 Å². The van der Waals surface area contributed by atoms with Gasteiger partial charge in [-0.15, -0.1) is 0 Å². The molecule has 1 aromatic carbocycles. The predicted molar refractivity (Wildman–Crippen MR) is 65.6 cm³/mol. The molecule has 0 unspecified atom stereocenters. The Balaban J connectivity index is 1.81. The highest BCUT2D eigenvalue weighted by Gasteiger charge is 2.11. The maximum atomic E-state index is 5.54. The zero-order valence-electron chi connectivity index (χ0n) is 10.2. The van der Waals surface area contributed by atoms with Crippen LogP contribution >= 0.6 is 0 Å². The van der Waals surface area contributed by atoms with Gasteiger partial charge in [-0.25, -0.2) is 0 Å². The van der Waals surface area contributed by atoms with Gasteiger partial charge in [0, 0.05) is 20.3 Å². The molecule has 4 heteroatoms. The summed E-state index contributed by atoms with van der Waals surface area (Å²) in [4.78, 5) is 0. The second kappa shape index (κ2) is 6.47. The first-order chi connectivity index (χ1) is 8.40. The molecule has 1 N–H and O–H groups in total. The maximum Gasteiger partial charge on any atom is 0.161 e. The fraction of sp³-hybridized carbons (Fsp3) is 0.538. The molecule has 0 radical (unpaired) electrons. The Kier molecular flexibility index (Phi) is 4.64. The maximum absolute atomic E-state index is 5.54. The summed E-state index contributed by atoms with van der Waals surface area (Å²) in [5, 5.41) is 3.37. The number of hydrogen-bond acceptors (Lipinski definition) is 4. The van der Waals surface area contributed by atoms with E-state index >= 15 is 0 Å². The van der Waals surface area contributed by atoms with E-state index in [0.29, 0.717) is 13.2 Å². The Morgan fingerprint density at radius 2 is 2.06 bits per heavy atom. The molecule has 2 rings (SSSR count). The molecule has 1 aliphatic heterocycles. The van der Waals surface area contributed by atoms with Crippen molar-refractivity contribution in [2.45, 2.75) is 13.0 Å². The number of benzene rings is 1. The molecular weight excluding hydrogens is 218 g/mol. The van der Waals surface area contributed by atoms with Gasteiger partial charge in [0.15, 0.2) is 11.5 Å². The number of hydrogen-bond donors (Lipinski definition) is 1. The normalized spacial score (nSPS) is 13.7. The molecule has 0 saturated carbocycles. The molecule has 0 aliphatic carbocycles. The molecule has 17 heavy (non-hydrogen) atoms. The summed E-state index contributed by atoms with van der Waals surface area (Å²) in [5.74, 6) is 1.70. The molecule has 1 aromatic rings. The number of fused-ring (bicyclic) bond motifs is 1. The third-order valence-corrected chi connectivity index (χ3v) is 2.64. The molecule has 94 valence electrons. The van der Waals surface area contributed by atoms with Crippen molar-refractivity contribution in [3.8, 4) is 11.5 Å². The molecule has 0 saturated heterocycles. The first-order valence-corrected chi connectivity index (χ1v) is 5.98. The first-order valence-electron chi connectivity index (χ1n) is 5.98. The van der Waals surface area contributed by atoms with Gasteiger partial charge in [0.1, 0.15) is 13.2 Å². The van der Waals surface area contributed by atoms with Gasteiger partial charge in [0.05, 0.1) is 0 Å². The highest BCUT2D eigenvalue weighted by molar-refractivity contribution is 5.43. The zero-order valence-corrected chi connectivity index (χ0v) is 10.2. The van der Waals surface area contributed by atoms with Gasteiger partial charge < -0.3 is 19.5 Å². The molecule has 0 bridgehead atoms. The van der Waals surface area contributed by atoms with Gasteiger partial charge in [-0.3, -0.25) is 0 Å². The van der Waals surface area contributed by atoms with Crippen LogP contribution < -0.4 is 14.8 Å². The van der Waals surface area contributed by atoms with E-state index in [-0.39, 0.29) is 0 Å². The summed E-state index contributed by atoms with van der Waals surface area (Å²) < 4.78 is 16.0. The summed E-state index contributed by atoms with van der Waals surface area (Å²) in [6.45, 7) is 3.89. The Labute approximate surface area is 102 Å². The lowest BCUT2D eigenvalue weighted by Gasteiger charge is -2.19. The minimum Gasteiger partial charge on any atom is -0.486 e. The van der Waals surface area contributed by atoms with Gasteiger partial charge in [-0.1, -0.05) is 6.07 Å².